The zero-order valence-electron chi connectivity index (χ0n) is 16.7. The summed E-state index contributed by atoms with van der Waals surface area (Å²) in [5, 5.41) is 1.05. The molecule has 0 saturated carbocycles. The molecule has 0 aliphatic carbocycles. The molecular weight excluding hydrogens is 386 g/mol. The molecule has 6 nitrogen and oxygen atoms in total. The fraction of sp³-hybridized carbons (Fsp3) is 0.318. The molecule has 1 fully saturated rings. The first-order valence-corrected chi connectivity index (χ1v) is 11.2. The van der Waals surface area contributed by atoms with Crippen LogP contribution in [0.5, 0.6) is 0 Å². The van der Waals surface area contributed by atoms with Crippen molar-refractivity contribution >= 4 is 26.8 Å². The molecule has 1 aliphatic rings. The van der Waals surface area contributed by atoms with Gasteiger partial charge in [0.25, 0.3) is 0 Å². The van der Waals surface area contributed by atoms with E-state index in [2.05, 4.69) is 4.98 Å². The molecule has 3 aromatic rings. The van der Waals surface area contributed by atoms with Gasteiger partial charge in [0.1, 0.15) is 0 Å². The average molecular weight is 412 g/mol. The molecule has 2 heterocycles. The number of carbonyl (C=O) groups is 1. The zero-order chi connectivity index (χ0) is 20.6. The van der Waals surface area contributed by atoms with Gasteiger partial charge in [-0.3, -0.25) is 4.79 Å². The van der Waals surface area contributed by atoms with Crippen LogP contribution in [-0.4, -0.2) is 54.7 Å². The second kappa shape index (κ2) is 7.65. The van der Waals surface area contributed by atoms with Crippen LogP contribution in [0.4, 0.5) is 0 Å². The number of para-hydroxylation sites is 1. The third kappa shape index (κ3) is 3.80. The molecule has 0 unspecified atom stereocenters. The van der Waals surface area contributed by atoms with Crippen molar-refractivity contribution in [2.75, 3.05) is 26.2 Å². The Bertz CT molecular complexity index is 1160. The molecule has 152 valence electrons. The number of rotatable bonds is 4. The summed E-state index contributed by atoms with van der Waals surface area (Å²) in [6, 6.07) is 13.4. The molecule has 7 heteroatoms. The number of carbonyl (C=O) groups excluding carboxylic acids is 1. The number of aromatic nitrogens is 1. The Labute approximate surface area is 171 Å². The number of fused-ring (bicyclic) bond motifs is 1. The smallest absolute Gasteiger partial charge is 0.243 e. The number of hydrogen-bond acceptors (Lipinski definition) is 3. The molecule has 1 N–H and O–H groups in total. The Morgan fingerprint density at radius 1 is 1.03 bits per heavy atom. The number of nitrogens with zero attached hydrogens (tertiary/aromatic N) is 2. The van der Waals surface area contributed by atoms with E-state index in [1.165, 1.54) is 4.31 Å². The van der Waals surface area contributed by atoms with Crippen molar-refractivity contribution in [3.05, 3.63) is 65.4 Å². The summed E-state index contributed by atoms with van der Waals surface area (Å²) in [5.74, 6) is 0.0264. The number of benzene rings is 2. The molecule has 1 aliphatic heterocycles. The van der Waals surface area contributed by atoms with Gasteiger partial charge in [-0.25, -0.2) is 8.42 Å². The second-order valence-electron chi connectivity index (χ2n) is 7.59. The first-order valence-electron chi connectivity index (χ1n) is 9.76. The Balaban J connectivity index is 1.43. The van der Waals surface area contributed by atoms with Crippen molar-refractivity contribution in [1.82, 2.24) is 14.2 Å². The molecule has 0 spiro atoms. The highest BCUT2D eigenvalue weighted by molar-refractivity contribution is 7.89. The van der Waals surface area contributed by atoms with Gasteiger partial charge in [-0.05, 0) is 42.7 Å². The van der Waals surface area contributed by atoms with Gasteiger partial charge in [0.15, 0.2) is 0 Å². The van der Waals surface area contributed by atoms with Crippen LogP contribution >= 0.6 is 0 Å². The molecule has 1 amide bonds. The molecule has 1 aromatic heterocycles. The van der Waals surface area contributed by atoms with Crippen LogP contribution < -0.4 is 0 Å². The maximum Gasteiger partial charge on any atom is 0.243 e. The number of nitrogens with one attached hydrogen (secondary N) is 1. The summed E-state index contributed by atoms with van der Waals surface area (Å²) in [4.78, 5) is 18.1. The van der Waals surface area contributed by atoms with Crippen LogP contribution in [0.1, 0.15) is 16.7 Å². The zero-order valence-corrected chi connectivity index (χ0v) is 17.5. The minimum Gasteiger partial charge on any atom is -0.361 e. The normalized spacial score (nSPS) is 15.7. The highest BCUT2D eigenvalue weighted by atomic mass is 32.2. The number of piperazine rings is 1. The number of H-pyrrole nitrogens is 1. The number of amides is 1. The van der Waals surface area contributed by atoms with Crippen LogP contribution in [0.2, 0.25) is 0 Å². The fourth-order valence-electron chi connectivity index (χ4n) is 3.85. The van der Waals surface area contributed by atoms with Crippen molar-refractivity contribution in [2.45, 2.75) is 25.2 Å². The van der Waals surface area contributed by atoms with Gasteiger partial charge in [-0.15, -0.1) is 0 Å². The third-order valence-corrected chi connectivity index (χ3v) is 7.61. The van der Waals surface area contributed by atoms with Gasteiger partial charge in [-0.1, -0.05) is 30.3 Å². The van der Waals surface area contributed by atoms with E-state index >= 15 is 0 Å². The summed E-state index contributed by atoms with van der Waals surface area (Å²) < 4.78 is 27.6. The largest absolute Gasteiger partial charge is 0.361 e. The lowest BCUT2D eigenvalue weighted by Gasteiger charge is -2.34. The number of aromatic amines is 1. The van der Waals surface area contributed by atoms with Crippen LogP contribution in [0.15, 0.2) is 53.6 Å². The molecule has 0 bridgehead atoms. The van der Waals surface area contributed by atoms with E-state index in [1.54, 1.807) is 11.0 Å². The molecule has 2 aromatic carbocycles. The Morgan fingerprint density at radius 2 is 1.76 bits per heavy atom. The first kappa shape index (κ1) is 19.7. The van der Waals surface area contributed by atoms with E-state index in [9.17, 15) is 13.2 Å². The fourth-order valence-corrected chi connectivity index (χ4v) is 5.59. The molecule has 4 rings (SSSR count). The standard InChI is InChI=1S/C22H25N3O3S/c1-16-7-8-17(2)21(13-16)29(27,28)25-11-9-24(10-12-25)22(26)14-18-15-23-20-6-4-3-5-19(18)20/h3-8,13,15,23H,9-12,14H2,1-2H3. The van der Waals surface area contributed by atoms with Crippen molar-refractivity contribution in [1.29, 1.82) is 0 Å². The summed E-state index contributed by atoms with van der Waals surface area (Å²) >= 11 is 0. The van der Waals surface area contributed by atoms with E-state index in [-0.39, 0.29) is 5.91 Å². The van der Waals surface area contributed by atoms with Gasteiger partial charge in [0.05, 0.1) is 11.3 Å². The van der Waals surface area contributed by atoms with Gasteiger partial charge in [0.2, 0.25) is 15.9 Å². The number of sulfonamides is 1. The topological polar surface area (TPSA) is 73.5 Å². The molecule has 0 atom stereocenters. The van der Waals surface area contributed by atoms with E-state index in [4.69, 9.17) is 0 Å². The maximum absolute atomic E-state index is 13.1. The van der Waals surface area contributed by atoms with Crippen molar-refractivity contribution in [3.8, 4) is 0 Å². The van der Waals surface area contributed by atoms with Crippen LogP contribution in [0.25, 0.3) is 10.9 Å². The Hall–Kier alpha value is -2.64. The minimum atomic E-state index is -3.55. The monoisotopic (exact) mass is 411 g/mol. The van der Waals surface area contributed by atoms with Crippen LogP contribution in [0.3, 0.4) is 0 Å². The van der Waals surface area contributed by atoms with Gasteiger partial charge < -0.3 is 9.88 Å². The third-order valence-electron chi connectivity index (χ3n) is 5.57. The van der Waals surface area contributed by atoms with E-state index in [1.807, 2.05) is 56.4 Å². The lowest BCUT2D eigenvalue weighted by Crippen LogP contribution is -2.50. The predicted octanol–water partition coefficient (Wildman–Crippen LogP) is 2.86. The highest BCUT2D eigenvalue weighted by Crippen LogP contribution is 2.23. The second-order valence-corrected chi connectivity index (χ2v) is 9.50. The number of aryl methyl sites for hydroxylation is 2. The lowest BCUT2D eigenvalue weighted by atomic mass is 10.1. The van der Waals surface area contributed by atoms with Gasteiger partial charge >= 0.3 is 0 Å². The molecule has 1 saturated heterocycles. The highest BCUT2D eigenvalue weighted by Gasteiger charge is 2.31. The molecule has 29 heavy (non-hydrogen) atoms. The van der Waals surface area contributed by atoms with Crippen LogP contribution in [0, 0.1) is 13.8 Å². The van der Waals surface area contributed by atoms with E-state index < -0.39 is 10.0 Å². The van der Waals surface area contributed by atoms with Crippen molar-refractivity contribution in [2.24, 2.45) is 0 Å². The Kier molecular flexibility index (Phi) is 5.19. The molecule has 0 radical (unpaired) electrons. The van der Waals surface area contributed by atoms with E-state index in [0.717, 1.165) is 27.6 Å². The van der Waals surface area contributed by atoms with Crippen molar-refractivity contribution < 1.29 is 13.2 Å². The summed E-state index contributed by atoms with van der Waals surface area (Å²) in [5.41, 5.74) is 3.64. The number of hydrogen-bond donors (Lipinski definition) is 1. The van der Waals surface area contributed by atoms with E-state index in [0.29, 0.717) is 37.5 Å². The first-order chi connectivity index (χ1) is 13.9. The minimum absolute atomic E-state index is 0.0264. The van der Waals surface area contributed by atoms with Gasteiger partial charge in [0, 0.05) is 43.3 Å². The average Bonchev–Trinajstić information content (AvgIpc) is 3.12. The SMILES string of the molecule is Cc1ccc(C)c(S(=O)(=O)N2CCN(C(=O)Cc3c[nH]c4ccccc34)CC2)c1. The predicted molar refractivity (Wildman–Crippen MR) is 113 cm³/mol. The quantitative estimate of drug-likeness (QED) is 0.717. The Morgan fingerprint density at radius 3 is 2.52 bits per heavy atom. The summed E-state index contributed by atoms with van der Waals surface area (Å²) in [7, 11) is -3.55. The lowest BCUT2D eigenvalue weighted by molar-refractivity contribution is -0.131. The van der Waals surface area contributed by atoms with Gasteiger partial charge in [-0.2, -0.15) is 4.31 Å². The maximum atomic E-state index is 13.1. The molecular formula is C22H25N3O3S. The van der Waals surface area contributed by atoms with Crippen LogP contribution in [-0.2, 0) is 21.2 Å². The summed E-state index contributed by atoms with van der Waals surface area (Å²) in [6.07, 6.45) is 2.19. The summed E-state index contributed by atoms with van der Waals surface area (Å²) in [6.45, 7) is 5.15. The van der Waals surface area contributed by atoms with Crippen molar-refractivity contribution in [3.63, 3.8) is 0 Å².